The highest BCUT2D eigenvalue weighted by atomic mass is 35.5. The van der Waals surface area contributed by atoms with E-state index in [4.69, 9.17) is 27.9 Å². The van der Waals surface area contributed by atoms with Crippen LogP contribution in [0.15, 0.2) is 78.7 Å². The first-order chi connectivity index (χ1) is 16.5. The number of nitriles is 1. The standard InChI is InChI=1S/C25H22ClNO3/c1-17(2)24(18-11-13-20(26)14-12-18)25(28)30-23(16-27)19-7-6-10-22(15-19)29-21-8-4-3-5-9-21/h3-15,17,23-24H,1-2H3/i3D,4D,5D,8D,9D. The minimum atomic E-state index is -1.25. The summed E-state index contributed by atoms with van der Waals surface area (Å²) < 4.78 is 50.4. The zero-order chi connectivity index (χ0) is 25.9. The van der Waals surface area contributed by atoms with E-state index in [0.29, 0.717) is 16.1 Å². The Morgan fingerprint density at radius 3 is 2.37 bits per heavy atom. The van der Waals surface area contributed by atoms with Crippen molar-refractivity contribution in [1.29, 1.82) is 5.26 Å². The van der Waals surface area contributed by atoms with Gasteiger partial charge in [0, 0.05) is 10.6 Å². The van der Waals surface area contributed by atoms with Gasteiger partial charge in [0.15, 0.2) is 0 Å². The molecule has 0 N–H and O–H groups in total. The van der Waals surface area contributed by atoms with Crippen LogP contribution in [0.5, 0.6) is 11.5 Å². The van der Waals surface area contributed by atoms with Gasteiger partial charge in [0.1, 0.15) is 17.6 Å². The third kappa shape index (κ3) is 5.40. The number of hydrogen-bond acceptors (Lipinski definition) is 4. The van der Waals surface area contributed by atoms with E-state index in [1.165, 1.54) is 12.1 Å². The maximum Gasteiger partial charge on any atom is 0.315 e. The van der Waals surface area contributed by atoms with Crippen LogP contribution >= 0.6 is 11.6 Å². The average molecular weight is 425 g/mol. The van der Waals surface area contributed by atoms with Gasteiger partial charge in [-0.2, -0.15) is 5.26 Å². The lowest BCUT2D eigenvalue weighted by Gasteiger charge is -2.22. The van der Waals surface area contributed by atoms with Crippen LogP contribution in [0.2, 0.25) is 5.02 Å². The molecule has 3 aromatic rings. The molecular weight excluding hydrogens is 398 g/mol. The van der Waals surface area contributed by atoms with Crippen LogP contribution in [-0.2, 0) is 9.53 Å². The molecule has 0 aromatic heterocycles. The Hall–Kier alpha value is -3.29. The second kappa shape index (κ2) is 9.96. The number of carbonyl (C=O) groups excluding carboxylic acids is 1. The van der Waals surface area contributed by atoms with Crippen molar-refractivity contribution in [3.05, 3.63) is 94.9 Å². The summed E-state index contributed by atoms with van der Waals surface area (Å²) in [7, 11) is 0. The Labute approximate surface area is 188 Å². The van der Waals surface area contributed by atoms with Gasteiger partial charge in [-0.3, -0.25) is 4.79 Å². The molecule has 0 saturated carbocycles. The number of hydrogen-bond donors (Lipinski definition) is 0. The lowest BCUT2D eigenvalue weighted by Crippen LogP contribution is -2.22. The molecular formula is C25H22ClNO3. The number of esters is 1. The molecule has 30 heavy (non-hydrogen) atoms. The molecule has 0 fully saturated rings. The monoisotopic (exact) mass is 424 g/mol. The second-order valence-corrected chi connectivity index (χ2v) is 7.28. The van der Waals surface area contributed by atoms with Crippen LogP contribution < -0.4 is 4.74 Å². The molecule has 0 saturated heterocycles. The molecule has 0 aliphatic heterocycles. The van der Waals surface area contributed by atoms with Crippen LogP contribution in [0.1, 0.15) is 43.9 Å². The van der Waals surface area contributed by atoms with Crippen molar-refractivity contribution in [2.75, 3.05) is 0 Å². The summed E-state index contributed by atoms with van der Waals surface area (Å²) in [5, 5.41) is 10.2. The first-order valence-electron chi connectivity index (χ1n) is 11.8. The quantitative estimate of drug-likeness (QED) is 0.397. The van der Waals surface area contributed by atoms with Gasteiger partial charge in [-0.25, -0.2) is 0 Å². The van der Waals surface area contributed by atoms with E-state index in [1.807, 2.05) is 19.9 Å². The second-order valence-electron chi connectivity index (χ2n) is 6.85. The lowest BCUT2D eigenvalue weighted by molar-refractivity contribution is -0.150. The molecule has 152 valence electrons. The van der Waals surface area contributed by atoms with Crippen molar-refractivity contribution >= 4 is 17.6 Å². The molecule has 3 aromatic carbocycles. The van der Waals surface area contributed by atoms with Crippen molar-refractivity contribution < 1.29 is 21.1 Å². The van der Waals surface area contributed by atoms with Gasteiger partial charge in [0.25, 0.3) is 0 Å². The van der Waals surface area contributed by atoms with E-state index >= 15 is 0 Å². The molecule has 0 spiro atoms. The van der Waals surface area contributed by atoms with E-state index in [2.05, 4.69) is 0 Å². The molecule has 0 amide bonds. The van der Waals surface area contributed by atoms with Gasteiger partial charge in [0.05, 0.1) is 12.8 Å². The average Bonchev–Trinajstić information content (AvgIpc) is 2.84. The van der Waals surface area contributed by atoms with Crippen molar-refractivity contribution in [3.63, 3.8) is 0 Å². The van der Waals surface area contributed by atoms with E-state index in [1.54, 1.807) is 36.4 Å². The first-order valence-corrected chi connectivity index (χ1v) is 9.63. The molecule has 5 heteroatoms. The predicted molar refractivity (Wildman–Crippen MR) is 116 cm³/mol. The molecule has 4 nitrogen and oxygen atoms in total. The van der Waals surface area contributed by atoms with Gasteiger partial charge in [-0.05, 0) is 47.8 Å². The Balaban J connectivity index is 1.87. The largest absolute Gasteiger partial charge is 0.457 e. The summed E-state index contributed by atoms with van der Waals surface area (Å²) in [6.07, 6.45) is -1.25. The minimum Gasteiger partial charge on any atom is -0.457 e. The first kappa shape index (κ1) is 15.5. The normalized spacial score (nSPS) is 15.0. The highest BCUT2D eigenvalue weighted by Gasteiger charge is 2.29. The maximum absolute atomic E-state index is 13.0. The minimum absolute atomic E-state index is 0.109. The third-order valence-electron chi connectivity index (χ3n) is 4.36. The fraction of sp³-hybridized carbons (Fsp3) is 0.200. The SMILES string of the molecule is [2H]c1c([2H])c([2H])c(Oc2cccc(C(C#N)OC(=O)C(c3ccc(Cl)cc3)C(C)C)c2)c([2H])c1[2H]. The molecule has 0 radical (unpaired) electrons. The van der Waals surface area contributed by atoms with Gasteiger partial charge in [0.2, 0.25) is 6.10 Å². The maximum atomic E-state index is 13.0. The summed E-state index contributed by atoms with van der Waals surface area (Å²) in [5.74, 6) is -1.53. The summed E-state index contributed by atoms with van der Waals surface area (Å²) in [6.45, 7) is 3.74. The van der Waals surface area contributed by atoms with Gasteiger partial charge >= 0.3 is 5.97 Å². The molecule has 0 aliphatic rings. The van der Waals surface area contributed by atoms with Crippen LogP contribution in [-0.4, -0.2) is 5.97 Å². The molecule has 3 rings (SSSR count). The van der Waals surface area contributed by atoms with E-state index in [0.717, 1.165) is 0 Å². The number of para-hydroxylation sites is 1. The number of halogens is 1. The highest BCUT2D eigenvalue weighted by molar-refractivity contribution is 6.30. The van der Waals surface area contributed by atoms with E-state index in [9.17, 15) is 10.1 Å². The van der Waals surface area contributed by atoms with Crippen LogP contribution in [0.25, 0.3) is 0 Å². The van der Waals surface area contributed by atoms with E-state index in [-0.39, 0.29) is 17.4 Å². The van der Waals surface area contributed by atoms with Crippen molar-refractivity contribution in [1.82, 2.24) is 0 Å². The fourth-order valence-electron chi connectivity index (χ4n) is 2.97. The Kier molecular flexibility index (Phi) is 5.16. The van der Waals surface area contributed by atoms with Crippen LogP contribution in [0, 0.1) is 17.2 Å². The van der Waals surface area contributed by atoms with E-state index < -0.39 is 48.2 Å². The van der Waals surface area contributed by atoms with Crippen molar-refractivity contribution in [3.8, 4) is 17.6 Å². The molecule has 0 heterocycles. The number of rotatable bonds is 7. The van der Waals surface area contributed by atoms with Crippen molar-refractivity contribution in [2.45, 2.75) is 25.9 Å². The number of nitrogens with zero attached hydrogens (tertiary/aromatic N) is 1. The smallest absolute Gasteiger partial charge is 0.315 e. The lowest BCUT2D eigenvalue weighted by atomic mass is 9.88. The number of ether oxygens (including phenoxy) is 2. The Morgan fingerprint density at radius 1 is 1.03 bits per heavy atom. The summed E-state index contributed by atoms with van der Waals surface area (Å²) in [4.78, 5) is 13.0. The summed E-state index contributed by atoms with van der Waals surface area (Å²) in [5.41, 5.74) is 1.02. The molecule has 2 atom stereocenters. The topological polar surface area (TPSA) is 59.3 Å². The summed E-state index contributed by atoms with van der Waals surface area (Å²) >= 11 is 5.95. The van der Waals surface area contributed by atoms with Crippen LogP contribution in [0.3, 0.4) is 0 Å². The van der Waals surface area contributed by atoms with Gasteiger partial charge in [-0.1, -0.05) is 67.8 Å². The molecule has 0 bridgehead atoms. The zero-order valence-electron chi connectivity index (χ0n) is 21.4. The van der Waals surface area contributed by atoms with Gasteiger partial charge < -0.3 is 9.47 Å². The van der Waals surface area contributed by atoms with Crippen LogP contribution in [0.4, 0.5) is 0 Å². The Bertz CT molecular complexity index is 1260. The Morgan fingerprint density at radius 2 is 1.73 bits per heavy atom. The molecule has 0 aliphatic carbocycles. The highest BCUT2D eigenvalue weighted by Crippen LogP contribution is 2.31. The molecule has 2 unspecified atom stereocenters. The summed E-state index contributed by atoms with van der Waals surface area (Å²) in [6, 6.07) is 12.3. The zero-order valence-corrected chi connectivity index (χ0v) is 17.2. The third-order valence-corrected chi connectivity index (χ3v) is 4.61. The fourth-order valence-corrected chi connectivity index (χ4v) is 3.10. The predicted octanol–water partition coefficient (Wildman–Crippen LogP) is 6.68. The van der Waals surface area contributed by atoms with Crippen molar-refractivity contribution in [2.24, 2.45) is 5.92 Å². The number of benzene rings is 3. The number of carbonyl (C=O) groups is 1. The van der Waals surface area contributed by atoms with Gasteiger partial charge in [-0.15, -0.1) is 0 Å².